The van der Waals surface area contributed by atoms with Crippen LogP contribution in [0, 0.1) is 6.92 Å². The average molecular weight is 400 g/mol. The third-order valence-electron chi connectivity index (χ3n) is 4.28. The van der Waals surface area contributed by atoms with Gasteiger partial charge in [0.25, 0.3) is 5.56 Å². The fraction of sp³-hybridized carbons (Fsp3) is 0.278. The summed E-state index contributed by atoms with van der Waals surface area (Å²) in [5, 5.41) is 4.53. The molecule has 3 aromatic rings. The van der Waals surface area contributed by atoms with Crippen LogP contribution in [0.5, 0.6) is 0 Å². The third kappa shape index (κ3) is 3.79. The average Bonchev–Trinajstić information content (AvgIpc) is 3.25. The molecule has 0 saturated carbocycles. The van der Waals surface area contributed by atoms with Crippen molar-refractivity contribution in [1.82, 2.24) is 24.8 Å². The van der Waals surface area contributed by atoms with Crippen LogP contribution in [0.1, 0.15) is 23.0 Å². The standard InChI is InChI=1S/C18H17N5O2S2/c1-11-14(27-17(22-11)12-3-2-5-19-8-12)9-21-15(24)7-13-10-26-18-20-6-4-16(25)23(13)18/h2-6,8,13H,7,9-10H2,1H3,(H,21,24). The normalized spacial score (nSPS) is 15.5. The van der Waals surface area contributed by atoms with Crippen LogP contribution in [0.2, 0.25) is 0 Å². The Morgan fingerprint density at radius 2 is 2.26 bits per heavy atom. The van der Waals surface area contributed by atoms with Gasteiger partial charge in [0.2, 0.25) is 5.91 Å². The number of amides is 1. The number of hydrogen-bond donors (Lipinski definition) is 1. The first-order valence-electron chi connectivity index (χ1n) is 8.45. The number of pyridine rings is 1. The van der Waals surface area contributed by atoms with Crippen molar-refractivity contribution in [3.8, 4) is 10.6 Å². The lowest BCUT2D eigenvalue weighted by Crippen LogP contribution is -2.30. The minimum atomic E-state index is -0.153. The second-order valence-electron chi connectivity index (χ2n) is 6.15. The number of carbonyl (C=O) groups excluding carboxylic acids is 1. The van der Waals surface area contributed by atoms with Crippen LogP contribution in [-0.2, 0) is 11.3 Å². The highest BCUT2D eigenvalue weighted by molar-refractivity contribution is 7.99. The molecule has 27 heavy (non-hydrogen) atoms. The maximum Gasteiger partial charge on any atom is 0.254 e. The quantitative estimate of drug-likeness (QED) is 0.663. The van der Waals surface area contributed by atoms with Gasteiger partial charge >= 0.3 is 0 Å². The number of nitrogens with zero attached hydrogens (tertiary/aromatic N) is 4. The van der Waals surface area contributed by atoms with Gasteiger partial charge in [-0.25, -0.2) is 9.97 Å². The first-order valence-corrected chi connectivity index (χ1v) is 10.3. The van der Waals surface area contributed by atoms with Crippen LogP contribution in [0.15, 0.2) is 46.7 Å². The molecule has 0 bridgehead atoms. The molecule has 1 N–H and O–H groups in total. The minimum absolute atomic E-state index is 0.0834. The zero-order valence-electron chi connectivity index (χ0n) is 14.6. The van der Waals surface area contributed by atoms with Gasteiger partial charge in [0, 0.05) is 47.3 Å². The van der Waals surface area contributed by atoms with Crippen LogP contribution in [0.4, 0.5) is 0 Å². The molecule has 138 valence electrons. The highest BCUT2D eigenvalue weighted by Gasteiger charge is 2.26. The van der Waals surface area contributed by atoms with E-state index in [9.17, 15) is 9.59 Å². The zero-order valence-corrected chi connectivity index (χ0v) is 16.2. The molecule has 1 aliphatic rings. The molecular formula is C18H17N5O2S2. The molecule has 1 amide bonds. The van der Waals surface area contributed by atoms with Gasteiger partial charge in [0.15, 0.2) is 5.16 Å². The lowest BCUT2D eigenvalue weighted by molar-refractivity contribution is -0.121. The molecule has 9 heteroatoms. The van der Waals surface area contributed by atoms with Crippen molar-refractivity contribution in [2.45, 2.75) is 31.1 Å². The highest BCUT2D eigenvalue weighted by atomic mass is 32.2. The second-order valence-corrected chi connectivity index (χ2v) is 8.22. The number of thiazole rings is 1. The molecule has 1 atom stereocenters. The summed E-state index contributed by atoms with van der Waals surface area (Å²) in [6.45, 7) is 2.37. The smallest absolute Gasteiger partial charge is 0.254 e. The van der Waals surface area contributed by atoms with Crippen LogP contribution < -0.4 is 10.9 Å². The van der Waals surface area contributed by atoms with Crippen LogP contribution in [0.3, 0.4) is 0 Å². The van der Waals surface area contributed by atoms with Gasteiger partial charge < -0.3 is 5.32 Å². The summed E-state index contributed by atoms with van der Waals surface area (Å²) in [6.07, 6.45) is 5.28. The van der Waals surface area contributed by atoms with E-state index in [1.165, 1.54) is 24.0 Å². The van der Waals surface area contributed by atoms with Crippen molar-refractivity contribution < 1.29 is 4.79 Å². The summed E-state index contributed by atoms with van der Waals surface area (Å²) in [7, 11) is 0. The lowest BCUT2D eigenvalue weighted by atomic mass is 10.2. The van der Waals surface area contributed by atoms with Crippen molar-refractivity contribution in [2.24, 2.45) is 0 Å². The zero-order chi connectivity index (χ0) is 18.8. The van der Waals surface area contributed by atoms with E-state index in [1.54, 1.807) is 28.3 Å². The summed E-state index contributed by atoms with van der Waals surface area (Å²) in [5.74, 6) is 0.602. The van der Waals surface area contributed by atoms with Gasteiger partial charge in [0.1, 0.15) is 5.01 Å². The Hall–Kier alpha value is -2.52. The van der Waals surface area contributed by atoms with Crippen molar-refractivity contribution in [3.63, 3.8) is 0 Å². The number of hydrogen-bond acceptors (Lipinski definition) is 7. The van der Waals surface area contributed by atoms with E-state index in [4.69, 9.17) is 0 Å². The Morgan fingerprint density at radius 1 is 1.37 bits per heavy atom. The molecule has 4 heterocycles. The van der Waals surface area contributed by atoms with Crippen molar-refractivity contribution >= 4 is 29.0 Å². The summed E-state index contributed by atoms with van der Waals surface area (Å²) >= 11 is 3.06. The SMILES string of the molecule is Cc1nc(-c2cccnc2)sc1CNC(=O)CC1CSc2nccc(=O)n21. The van der Waals surface area contributed by atoms with Crippen LogP contribution in [-0.4, -0.2) is 31.2 Å². The van der Waals surface area contributed by atoms with Crippen LogP contribution in [0.25, 0.3) is 10.6 Å². The Morgan fingerprint density at radius 3 is 3.07 bits per heavy atom. The van der Waals surface area contributed by atoms with E-state index in [0.29, 0.717) is 17.5 Å². The molecule has 0 aliphatic carbocycles. The molecule has 7 nitrogen and oxygen atoms in total. The highest BCUT2D eigenvalue weighted by Crippen LogP contribution is 2.31. The van der Waals surface area contributed by atoms with E-state index >= 15 is 0 Å². The molecule has 3 aromatic heterocycles. The third-order valence-corrected chi connectivity index (χ3v) is 6.60. The van der Waals surface area contributed by atoms with Crippen molar-refractivity contribution in [1.29, 1.82) is 0 Å². The Kier molecular flexibility index (Phi) is 5.04. The van der Waals surface area contributed by atoms with Gasteiger partial charge in [-0.3, -0.25) is 19.1 Å². The van der Waals surface area contributed by atoms with E-state index in [-0.39, 0.29) is 23.9 Å². The van der Waals surface area contributed by atoms with Gasteiger partial charge in [-0.15, -0.1) is 11.3 Å². The minimum Gasteiger partial charge on any atom is -0.351 e. The summed E-state index contributed by atoms with van der Waals surface area (Å²) < 4.78 is 1.61. The number of fused-ring (bicyclic) bond motifs is 1. The Bertz CT molecular complexity index is 1030. The van der Waals surface area contributed by atoms with Gasteiger partial charge in [-0.1, -0.05) is 11.8 Å². The molecule has 1 unspecified atom stereocenters. The number of aryl methyl sites for hydroxylation is 1. The molecular weight excluding hydrogens is 382 g/mol. The first-order chi connectivity index (χ1) is 13.1. The second kappa shape index (κ2) is 7.61. The number of aromatic nitrogens is 4. The maximum atomic E-state index is 12.4. The fourth-order valence-corrected chi connectivity index (χ4v) is 5.02. The van der Waals surface area contributed by atoms with E-state index in [1.807, 2.05) is 19.1 Å². The maximum absolute atomic E-state index is 12.4. The molecule has 1 aliphatic heterocycles. The number of rotatable bonds is 5. The summed E-state index contributed by atoms with van der Waals surface area (Å²) in [5.41, 5.74) is 1.76. The van der Waals surface area contributed by atoms with E-state index in [2.05, 4.69) is 20.3 Å². The number of thioether (sulfide) groups is 1. The first kappa shape index (κ1) is 17.9. The van der Waals surface area contributed by atoms with Gasteiger partial charge in [-0.2, -0.15) is 0 Å². The Balaban J connectivity index is 1.40. The summed E-state index contributed by atoms with van der Waals surface area (Å²) in [4.78, 5) is 38.3. The molecule has 0 saturated heterocycles. The molecule has 0 fully saturated rings. The number of nitrogens with one attached hydrogen (secondary N) is 1. The van der Waals surface area contributed by atoms with Crippen molar-refractivity contribution in [3.05, 3.63) is 57.7 Å². The lowest BCUT2D eigenvalue weighted by Gasteiger charge is -2.12. The van der Waals surface area contributed by atoms with Gasteiger partial charge in [-0.05, 0) is 19.1 Å². The Labute approximate surface area is 163 Å². The monoisotopic (exact) mass is 399 g/mol. The van der Waals surface area contributed by atoms with E-state index < -0.39 is 0 Å². The van der Waals surface area contributed by atoms with E-state index in [0.717, 1.165) is 21.1 Å². The molecule has 4 rings (SSSR count). The summed E-state index contributed by atoms with van der Waals surface area (Å²) in [6, 6.07) is 5.12. The predicted octanol–water partition coefficient (Wildman–Crippen LogP) is 2.42. The van der Waals surface area contributed by atoms with Crippen molar-refractivity contribution in [2.75, 3.05) is 5.75 Å². The molecule has 0 spiro atoms. The largest absolute Gasteiger partial charge is 0.351 e. The van der Waals surface area contributed by atoms with Gasteiger partial charge in [0.05, 0.1) is 18.3 Å². The topological polar surface area (TPSA) is 89.8 Å². The molecule has 0 aromatic carbocycles. The molecule has 0 radical (unpaired) electrons. The van der Waals surface area contributed by atoms with Crippen LogP contribution >= 0.6 is 23.1 Å². The predicted molar refractivity (Wildman–Crippen MR) is 105 cm³/mol. The number of carbonyl (C=O) groups is 1. The fourth-order valence-electron chi connectivity index (χ4n) is 2.91.